The van der Waals surface area contributed by atoms with E-state index in [2.05, 4.69) is 15.9 Å². The van der Waals surface area contributed by atoms with Crippen molar-refractivity contribution in [2.24, 2.45) is 0 Å². The Morgan fingerprint density at radius 1 is 1.24 bits per heavy atom. The molecule has 1 aromatic rings. The van der Waals surface area contributed by atoms with Crippen molar-refractivity contribution < 1.29 is 9.47 Å². The second-order valence-corrected chi connectivity index (χ2v) is 5.34. The van der Waals surface area contributed by atoms with Crippen molar-refractivity contribution >= 4 is 27.5 Å². The molecule has 1 heterocycles. The number of alkyl halides is 1. The topological polar surface area (TPSA) is 18.5 Å². The number of hydrogen-bond acceptors (Lipinski definition) is 2. The largest absolute Gasteiger partial charge is 0.381 e. The lowest BCUT2D eigenvalue weighted by molar-refractivity contribution is -0.103. The predicted molar refractivity (Wildman–Crippen MR) is 72.8 cm³/mol. The summed E-state index contributed by atoms with van der Waals surface area (Å²) >= 11 is 9.40. The van der Waals surface area contributed by atoms with E-state index in [9.17, 15) is 0 Å². The van der Waals surface area contributed by atoms with Crippen molar-refractivity contribution in [2.75, 3.05) is 18.5 Å². The van der Waals surface area contributed by atoms with E-state index < -0.39 is 0 Å². The number of benzene rings is 1. The normalized spacial score (nSPS) is 19.2. The Kier molecular flexibility index (Phi) is 4.86. The molecule has 0 bridgehead atoms. The van der Waals surface area contributed by atoms with Gasteiger partial charge in [-0.15, -0.1) is 0 Å². The molecule has 0 aliphatic carbocycles. The predicted octanol–water partition coefficient (Wildman–Crippen LogP) is 3.80. The highest BCUT2D eigenvalue weighted by Crippen LogP contribution is 2.28. The van der Waals surface area contributed by atoms with E-state index in [1.807, 2.05) is 24.3 Å². The second-order valence-electron chi connectivity index (χ2n) is 4.34. The first-order valence-electron chi connectivity index (χ1n) is 5.76. The monoisotopic (exact) mass is 318 g/mol. The molecule has 17 heavy (non-hydrogen) atoms. The fourth-order valence-corrected chi connectivity index (χ4v) is 2.73. The lowest BCUT2D eigenvalue weighted by Crippen LogP contribution is -2.40. The lowest BCUT2D eigenvalue weighted by atomic mass is 9.96. The van der Waals surface area contributed by atoms with Gasteiger partial charge in [-0.3, -0.25) is 0 Å². The van der Waals surface area contributed by atoms with Crippen LogP contribution in [0.1, 0.15) is 18.4 Å². The molecule has 2 rings (SSSR count). The van der Waals surface area contributed by atoms with Crippen LogP contribution in [0.2, 0.25) is 5.02 Å². The van der Waals surface area contributed by atoms with E-state index in [0.717, 1.165) is 42.0 Å². The standard InChI is InChI=1S/C13H16BrClO2/c14-10-13(5-7-16-8-6-13)17-9-11-1-3-12(15)4-2-11/h1-4H,5-10H2. The highest BCUT2D eigenvalue weighted by Gasteiger charge is 2.32. The van der Waals surface area contributed by atoms with E-state index >= 15 is 0 Å². The van der Waals surface area contributed by atoms with Crippen LogP contribution in [0, 0.1) is 0 Å². The van der Waals surface area contributed by atoms with Gasteiger partial charge in [-0.05, 0) is 17.7 Å². The van der Waals surface area contributed by atoms with Crippen molar-refractivity contribution in [1.29, 1.82) is 0 Å². The van der Waals surface area contributed by atoms with Gasteiger partial charge in [0, 0.05) is 36.4 Å². The van der Waals surface area contributed by atoms with E-state index in [0.29, 0.717) is 6.61 Å². The third-order valence-electron chi connectivity index (χ3n) is 3.11. The van der Waals surface area contributed by atoms with Crippen LogP contribution in [-0.4, -0.2) is 24.1 Å². The Morgan fingerprint density at radius 2 is 1.88 bits per heavy atom. The molecule has 0 aromatic heterocycles. The summed E-state index contributed by atoms with van der Waals surface area (Å²) in [4.78, 5) is 0. The van der Waals surface area contributed by atoms with Crippen LogP contribution in [0.15, 0.2) is 24.3 Å². The summed E-state index contributed by atoms with van der Waals surface area (Å²) < 4.78 is 11.5. The summed E-state index contributed by atoms with van der Waals surface area (Å²) in [6, 6.07) is 7.79. The molecule has 94 valence electrons. The number of rotatable bonds is 4. The molecule has 0 unspecified atom stereocenters. The SMILES string of the molecule is Clc1ccc(COC2(CBr)CCOCC2)cc1. The van der Waals surface area contributed by atoms with E-state index in [4.69, 9.17) is 21.1 Å². The smallest absolute Gasteiger partial charge is 0.0827 e. The Balaban J connectivity index is 1.93. The van der Waals surface area contributed by atoms with Gasteiger partial charge in [0.1, 0.15) is 0 Å². The third kappa shape index (κ3) is 3.68. The fraction of sp³-hybridized carbons (Fsp3) is 0.538. The number of halogens is 2. The van der Waals surface area contributed by atoms with Gasteiger partial charge in [0.05, 0.1) is 12.2 Å². The molecule has 0 saturated carbocycles. The van der Waals surface area contributed by atoms with Gasteiger partial charge >= 0.3 is 0 Å². The van der Waals surface area contributed by atoms with Crippen LogP contribution in [-0.2, 0) is 16.1 Å². The lowest BCUT2D eigenvalue weighted by Gasteiger charge is -2.35. The zero-order valence-electron chi connectivity index (χ0n) is 9.62. The third-order valence-corrected chi connectivity index (χ3v) is 4.38. The van der Waals surface area contributed by atoms with Crippen molar-refractivity contribution in [2.45, 2.75) is 25.0 Å². The fourth-order valence-electron chi connectivity index (χ4n) is 1.88. The Bertz CT molecular complexity index is 347. The molecule has 4 heteroatoms. The minimum absolute atomic E-state index is 0.0715. The average molecular weight is 320 g/mol. The maximum Gasteiger partial charge on any atom is 0.0827 e. The molecule has 2 nitrogen and oxygen atoms in total. The number of ether oxygens (including phenoxy) is 2. The first-order valence-corrected chi connectivity index (χ1v) is 7.26. The summed E-state index contributed by atoms with van der Waals surface area (Å²) in [5.41, 5.74) is 1.08. The van der Waals surface area contributed by atoms with Crippen LogP contribution in [0.4, 0.5) is 0 Å². The molecule has 1 saturated heterocycles. The molecule has 1 aromatic carbocycles. The minimum Gasteiger partial charge on any atom is -0.381 e. The zero-order valence-corrected chi connectivity index (χ0v) is 12.0. The summed E-state index contributed by atoms with van der Waals surface area (Å²) in [5, 5.41) is 1.62. The molecular formula is C13H16BrClO2. The van der Waals surface area contributed by atoms with Gasteiger partial charge in [0.25, 0.3) is 0 Å². The van der Waals surface area contributed by atoms with Crippen LogP contribution >= 0.6 is 27.5 Å². The Morgan fingerprint density at radius 3 is 2.47 bits per heavy atom. The van der Waals surface area contributed by atoms with Crippen molar-refractivity contribution in [3.8, 4) is 0 Å². The van der Waals surface area contributed by atoms with Crippen molar-refractivity contribution in [3.05, 3.63) is 34.9 Å². The van der Waals surface area contributed by atoms with Crippen LogP contribution in [0.5, 0.6) is 0 Å². The van der Waals surface area contributed by atoms with Crippen molar-refractivity contribution in [1.82, 2.24) is 0 Å². The highest BCUT2D eigenvalue weighted by molar-refractivity contribution is 9.09. The molecule has 1 aliphatic rings. The van der Waals surface area contributed by atoms with Crippen LogP contribution < -0.4 is 0 Å². The quantitative estimate of drug-likeness (QED) is 0.786. The molecular weight excluding hydrogens is 303 g/mol. The van der Waals surface area contributed by atoms with E-state index in [-0.39, 0.29) is 5.60 Å². The summed E-state index contributed by atoms with van der Waals surface area (Å²) in [5.74, 6) is 0. The van der Waals surface area contributed by atoms with Gasteiger partial charge in [-0.1, -0.05) is 39.7 Å². The summed E-state index contributed by atoms with van der Waals surface area (Å²) in [7, 11) is 0. The first kappa shape index (κ1) is 13.3. The van der Waals surface area contributed by atoms with E-state index in [1.54, 1.807) is 0 Å². The van der Waals surface area contributed by atoms with Gasteiger partial charge in [-0.25, -0.2) is 0 Å². The van der Waals surface area contributed by atoms with Gasteiger partial charge < -0.3 is 9.47 Å². The average Bonchev–Trinajstić information content (AvgIpc) is 2.39. The molecule has 0 N–H and O–H groups in total. The van der Waals surface area contributed by atoms with Gasteiger partial charge in [0.2, 0.25) is 0 Å². The van der Waals surface area contributed by atoms with Crippen LogP contribution in [0.3, 0.4) is 0 Å². The molecule has 1 aliphatic heterocycles. The van der Waals surface area contributed by atoms with Crippen LogP contribution in [0.25, 0.3) is 0 Å². The van der Waals surface area contributed by atoms with Gasteiger partial charge in [0.15, 0.2) is 0 Å². The second kappa shape index (κ2) is 6.19. The molecule has 1 fully saturated rings. The highest BCUT2D eigenvalue weighted by atomic mass is 79.9. The number of hydrogen-bond donors (Lipinski definition) is 0. The zero-order chi connectivity index (χ0) is 12.1. The first-order chi connectivity index (χ1) is 8.24. The molecule has 0 radical (unpaired) electrons. The Labute approximate surface area is 115 Å². The Hall–Kier alpha value is -0.0900. The molecule has 0 spiro atoms. The van der Waals surface area contributed by atoms with E-state index in [1.165, 1.54) is 0 Å². The minimum atomic E-state index is -0.0715. The van der Waals surface area contributed by atoms with Gasteiger partial charge in [-0.2, -0.15) is 0 Å². The maximum absolute atomic E-state index is 6.08. The van der Waals surface area contributed by atoms with Crippen molar-refractivity contribution in [3.63, 3.8) is 0 Å². The maximum atomic E-state index is 6.08. The summed E-state index contributed by atoms with van der Waals surface area (Å²) in [6.45, 7) is 2.20. The summed E-state index contributed by atoms with van der Waals surface area (Å²) in [6.07, 6.45) is 1.90. The molecule has 0 atom stereocenters. The molecule has 0 amide bonds.